The number of nitrogens with one attached hydrogen (secondary N) is 1. The van der Waals surface area contributed by atoms with Gasteiger partial charge in [-0.2, -0.15) is 0 Å². The first-order valence-corrected chi connectivity index (χ1v) is 10.0. The summed E-state index contributed by atoms with van der Waals surface area (Å²) in [6.45, 7) is 8.32. The molecule has 2 aromatic heterocycles. The molecule has 2 aromatic rings. The summed E-state index contributed by atoms with van der Waals surface area (Å²) >= 11 is 0. The van der Waals surface area contributed by atoms with E-state index in [9.17, 15) is 14.4 Å². The average Bonchev–Trinajstić information content (AvgIpc) is 3.01. The van der Waals surface area contributed by atoms with E-state index in [1.807, 2.05) is 20.8 Å². The molecule has 9 nitrogen and oxygen atoms in total. The highest BCUT2D eigenvalue weighted by Gasteiger charge is 2.30. The van der Waals surface area contributed by atoms with Crippen molar-refractivity contribution in [3.05, 3.63) is 39.0 Å². The number of alkyl carbamates (subject to hydrolysis) is 1. The van der Waals surface area contributed by atoms with E-state index in [1.165, 1.54) is 12.3 Å². The lowest BCUT2D eigenvalue weighted by Crippen LogP contribution is -2.47. The fourth-order valence-corrected chi connectivity index (χ4v) is 4.19. The lowest BCUT2D eigenvalue weighted by molar-refractivity contribution is 0.0476. The molecule has 0 saturated carbocycles. The molecule has 0 radical (unpaired) electrons. The molecular weight excluding hydrogens is 374 g/mol. The standard InChI is InChI=1S/C20H27N5O4/c1-20(2,3)29-19(28)22-13-6-8-23(9-7-13)11-14-12-24-17(27)10-21-15-4-5-16(26)25(14)18(15)24/h4-5,10,13-14H,6-9,11-12H2,1-3H3,(H,22,28)/t14-/m1/s1. The Kier molecular flexibility index (Phi) is 4.94. The summed E-state index contributed by atoms with van der Waals surface area (Å²) in [5.74, 6) is 0. The number of pyridine rings is 1. The predicted molar refractivity (Wildman–Crippen MR) is 108 cm³/mol. The van der Waals surface area contributed by atoms with E-state index in [4.69, 9.17) is 4.74 Å². The molecular formula is C20H27N5O4. The number of hydrogen-bond donors (Lipinski definition) is 1. The van der Waals surface area contributed by atoms with E-state index in [1.54, 1.807) is 15.2 Å². The largest absolute Gasteiger partial charge is 0.444 e. The van der Waals surface area contributed by atoms with E-state index in [0.717, 1.165) is 25.9 Å². The van der Waals surface area contributed by atoms with E-state index in [-0.39, 0.29) is 29.3 Å². The molecule has 0 unspecified atom stereocenters. The second-order valence-corrected chi connectivity index (χ2v) is 8.83. The Labute approximate surface area is 168 Å². The van der Waals surface area contributed by atoms with Gasteiger partial charge in [0.05, 0.1) is 12.2 Å². The van der Waals surface area contributed by atoms with Crippen molar-refractivity contribution in [2.24, 2.45) is 0 Å². The number of ether oxygens (including phenoxy) is 1. The van der Waals surface area contributed by atoms with Crippen LogP contribution in [0.2, 0.25) is 0 Å². The number of hydrogen-bond acceptors (Lipinski definition) is 6. The number of nitrogens with zero attached hydrogens (tertiary/aromatic N) is 4. The Morgan fingerprint density at radius 3 is 2.62 bits per heavy atom. The molecule has 0 spiro atoms. The van der Waals surface area contributed by atoms with Crippen LogP contribution >= 0.6 is 0 Å². The van der Waals surface area contributed by atoms with Crippen molar-refractivity contribution < 1.29 is 9.53 Å². The number of likely N-dealkylation sites (tertiary alicyclic amines) is 1. The maximum atomic E-state index is 12.5. The molecule has 0 aromatic carbocycles. The first kappa shape index (κ1) is 19.6. The number of carbonyl (C=O) groups is 1. The summed E-state index contributed by atoms with van der Waals surface area (Å²) in [4.78, 5) is 43.1. The summed E-state index contributed by atoms with van der Waals surface area (Å²) in [5.41, 5.74) is 0.467. The van der Waals surface area contributed by atoms with Crippen LogP contribution in [0.5, 0.6) is 0 Å². The lowest BCUT2D eigenvalue weighted by Gasteiger charge is -2.34. The second-order valence-electron chi connectivity index (χ2n) is 8.83. The van der Waals surface area contributed by atoms with Crippen LogP contribution in [-0.2, 0) is 11.3 Å². The summed E-state index contributed by atoms with van der Waals surface area (Å²) < 4.78 is 8.67. The molecule has 0 aliphatic carbocycles. The van der Waals surface area contributed by atoms with Gasteiger partial charge in [0.25, 0.3) is 11.1 Å². The van der Waals surface area contributed by atoms with Crippen molar-refractivity contribution in [2.75, 3.05) is 19.6 Å². The summed E-state index contributed by atoms with van der Waals surface area (Å²) in [5, 5.41) is 2.94. The molecule has 1 saturated heterocycles. The quantitative estimate of drug-likeness (QED) is 0.827. The Hall–Kier alpha value is -2.68. The number of carbonyl (C=O) groups excluding carboxylic acids is 1. The molecule has 0 bridgehead atoms. The number of aromatic nitrogens is 3. The first-order valence-electron chi connectivity index (χ1n) is 10.0. The SMILES string of the molecule is CC(C)(C)OC(=O)NC1CCN(C[C@@H]2Cn3c(=O)cnc4ccc(=O)n2c43)CC1. The minimum Gasteiger partial charge on any atom is -0.444 e. The van der Waals surface area contributed by atoms with Gasteiger partial charge in [-0.15, -0.1) is 0 Å². The smallest absolute Gasteiger partial charge is 0.407 e. The number of amides is 1. The van der Waals surface area contributed by atoms with Gasteiger partial charge in [0.2, 0.25) is 0 Å². The Morgan fingerprint density at radius 2 is 1.93 bits per heavy atom. The van der Waals surface area contributed by atoms with Crippen molar-refractivity contribution in [2.45, 2.75) is 57.8 Å². The monoisotopic (exact) mass is 401 g/mol. The van der Waals surface area contributed by atoms with Crippen molar-refractivity contribution in [3.63, 3.8) is 0 Å². The molecule has 29 heavy (non-hydrogen) atoms. The Bertz CT molecular complexity index is 1040. The van der Waals surface area contributed by atoms with E-state index in [0.29, 0.717) is 24.3 Å². The highest BCUT2D eigenvalue weighted by Crippen LogP contribution is 2.24. The first-order chi connectivity index (χ1) is 13.7. The molecule has 1 N–H and O–H groups in total. The van der Waals surface area contributed by atoms with Gasteiger partial charge in [-0.25, -0.2) is 9.78 Å². The van der Waals surface area contributed by atoms with Crippen LogP contribution in [0.1, 0.15) is 39.7 Å². The lowest BCUT2D eigenvalue weighted by atomic mass is 10.0. The zero-order chi connectivity index (χ0) is 20.8. The van der Waals surface area contributed by atoms with Gasteiger partial charge in [-0.1, -0.05) is 0 Å². The zero-order valence-electron chi connectivity index (χ0n) is 17.1. The number of piperidine rings is 1. The van der Waals surface area contributed by atoms with Gasteiger partial charge in [0.1, 0.15) is 16.8 Å². The molecule has 9 heteroatoms. The predicted octanol–water partition coefficient (Wildman–Crippen LogP) is 1.10. The maximum absolute atomic E-state index is 12.5. The van der Waals surface area contributed by atoms with Crippen molar-refractivity contribution in [1.29, 1.82) is 0 Å². The van der Waals surface area contributed by atoms with Crippen LogP contribution in [0.4, 0.5) is 4.79 Å². The van der Waals surface area contributed by atoms with Crippen LogP contribution in [0, 0.1) is 0 Å². The van der Waals surface area contributed by atoms with Crippen LogP contribution < -0.4 is 16.4 Å². The van der Waals surface area contributed by atoms with Gasteiger partial charge in [0, 0.05) is 38.3 Å². The van der Waals surface area contributed by atoms with Crippen molar-refractivity contribution in [3.8, 4) is 0 Å². The molecule has 4 rings (SSSR count). The van der Waals surface area contributed by atoms with Gasteiger partial charge in [0.15, 0.2) is 0 Å². The Balaban J connectivity index is 1.40. The van der Waals surface area contributed by atoms with Gasteiger partial charge in [-0.3, -0.25) is 18.7 Å². The van der Waals surface area contributed by atoms with Crippen molar-refractivity contribution in [1.82, 2.24) is 24.3 Å². The van der Waals surface area contributed by atoms with E-state index in [2.05, 4.69) is 15.2 Å². The fourth-order valence-electron chi connectivity index (χ4n) is 4.19. The average molecular weight is 401 g/mol. The molecule has 1 atom stereocenters. The fraction of sp³-hybridized carbons (Fsp3) is 0.600. The second kappa shape index (κ2) is 7.29. The summed E-state index contributed by atoms with van der Waals surface area (Å²) in [6, 6.07) is 3.16. The number of rotatable bonds is 3. The Morgan fingerprint density at radius 1 is 1.21 bits per heavy atom. The minimum absolute atomic E-state index is 0.0832. The third-order valence-electron chi connectivity index (χ3n) is 5.45. The van der Waals surface area contributed by atoms with Crippen LogP contribution in [0.25, 0.3) is 11.2 Å². The molecule has 1 amide bonds. The molecule has 1 fully saturated rings. The third-order valence-corrected chi connectivity index (χ3v) is 5.45. The van der Waals surface area contributed by atoms with Crippen molar-refractivity contribution >= 4 is 17.3 Å². The third kappa shape index (κ3) is 4.05. The topological polar surface area (TPSA) is 98.5 Å². The van der Waals surface area contributed by atoms with Gasteiger partial charge in [-0.05, 0) is 39.7 Å². The molecule has 4 heterocycles. The summed E-state index contributed by atoms with van der Waals surface area (Å²) in [6.07, 6.45) is 2.57. The van der Waals surface area contributed by atoms with Crippen LogP contribution in [0.3, 0.4) is 0 Å². The summed E-state index contributed by atoms with van der Waals surface area (Å²) in [7, 11) is 0. The molecule has 156 valence electrons. The van der Waals surface area contributed by atoms with E-state index < -0.39 is 5.60 Å². The maximum Gasteiger partial charge on any atom is 0.407 e. The van der Waals surface area contributed by atoms with Gasteiger partial charge >= 0.3 is 6.09 Å². The zero-order valence-corrected chi connectivity index (χ0v) is 17.1. The van der Waals surface area contributed by atoms with Gasteiger partial charge < -0.3 is 15.0 Å². The van der Waals surface area contributed by atoms with Crippen LogP contribution in [0.15, 0.2) is 27.9 Å². The minimum atomic E-state index is -0.510. The molecule has 2 aliphatic heterocycles. The molecule has 2 aliphatic rings. The van der Waals surface area contributed by atoms with Crippen LogP contribution in [-0.4, -0.2) is 56.4 Å². The highest BCUT2D eigenvalue weighted by atomic mass is 16.6. The normalized spacial score (nSPS) is 20.2. The van der Waals surface area contributed by atoms with E-state index >= 15 is 0 Å². The highest BCUT2D eigenvalue weighted by molar-refractivity contribution is 5.71.